The van der Waals surface area contributed by atoms with Gasteiger partial charge >= 0.3 is 0 Å². The molecule has 2 amide bonds. The smallest absolute Gasteiger partial charge is 0.243 e. The van der Waals surface area contributed by atoms with E-state index in [0.717, 1.165) is 21.2 Å². The third-order valence-corrected chi connectivity index (χ3v) is 6.50. The van der Waals surface area contributed by atoms with E-state index in [4.69, 9.17) is 0 Å². The molecule has 1 N–H and O–H groups in total. The van der Waals surface area contributed by atoms with Gasteiger partial charge in [0.2, 0.25) is 11.8 Å². The van der Waals surface area contributed by atoms with Crippen molar-refractivity contribution in [1.82, 2.24) is 10.2 Å². The first-order chi connectivity index (χ1) is 16.8. The van der Waals surface area contributed by atoms with Gasteiger partial charge in [-0.15, -0.1) is 0 Å². The van der Waals surface area contributed by atoms with Crippen molar-refractivity contribution in [3.8, 4) is 0 Å². The van der Waals surface area contributed by atoms with Crippen molar-refractivity contribution in [3.63, 3.8) is 0 Å². The second kappa shape index (κ2) is 13.2. The molecule has 5 heteroatoms. The number of aryl methyl sites for hydroxylation is 2. The average molecular weight is 536 g/mol. The van der Waals surface area contributed by atoms with Gasteiger partial charge in [-0.2, -0.15) is 0 Å². The minimum Gasteiger partial charge on any atom is -0.354 e. The molecule has 0 aliphatic heterocycles. The van der Waals surface area contributed by atoms with Gasteiger partial charge in [0.15, 0.2) is 0 Å². The number of halogens is 1. The fraction of sp³-hybridized carbons (Fsp3) is 0.333. The Morgan fingerprint density at radius 3 is 2.11 bits per heavy atom. The molecule has 0 radical (unpaired) electrons. The van der Waals surface area contributed by atoms with Crippen LogP contribution in [0.25, 0.3) is 0 Å². The lowest BCUT2D eigenvalue weighted by atomic mass is 10.0. The Morgan fingerprint density at radius 2 is 1.49 bits per heavy atom. The molecule has 1 atom stereocenters. The van der Waals surface area contributed by atoms with Gasteiger partial charge in [-0.25, -0.2) is 0 Å². The highest BCUT2D eigenvalue weighted by molar-refractivity contribution is 9.10. The summed E-state index contributed by atoms with van der Waals surface area (Å²) in [4.78, 5) is 28.9. The molecule has 0 bridgehead atoms. The van der Waals surface area contributed by atoms with Gasteiger partial charge < -0.3 is 10.2 Å². The van der Waals surface area contributed by atoms with E-state index in [1.165, 1.54) is 5.56 Å². The molecule has 35 heavy (non-hydrogen) atoms. The van der Waals surface area contributed by atoms with Gasteiger partial charge in [0.1, 0.15) is 6.04 Å². The molecule has 0 aliphatic carbocycles. The number of nitrogens with zero attached hydrogens (tertiary/aromatic N) is 1. The van der Waals surface area contributed by atoms with Crippen LogP contribution < -0.4 is 5.32 Å². The number of carbonyl (C=O) groups excluding carboxylic acids is 2. The van der Waals surface area contributed by atoms with Crippen molar-refractivity contribution in [2.75, 3.05) is 6.54 Å². The number of amides is 2. The Morgan fingerprint density at radius 1 is 0.857 bits per heavy atom. The number of nitrogens with one attached hydrogen (secondary N) is 1. The fourth-order valence-electron chi connectivity index (χ4n) is 3.91. The van der Waals surface area contributed by atoms with Crippen LogP contribution in [0, 0.1) is 12.8 Å². The van der Waals surface area contributed by atoms with Gasteiger partial charge in [-0.1, -0.05) is 102 Å². The predicted molar refractivity (Wildman–Crippen MR) is 146 cm³/mol. The van der Waals surface area contributed by atoms with Gasteiger partial charge in [-0.3, -0.25) is 9.59 Å². The summed E-state index contributed by atoms with van der Waals surface area (Å²) in [7, 11) is 0. The van der Waals surface area contributed by atoms with E-state index in [1.54, 1.807) is 4.90 Å². The Hall–Kier alpha value is -2.92. The largest absolute Gasteiger partial charge is 0.354 e. The molecule has 0 unspecified atom stereocenters. The maximum absolute atomic E-state index is 13.7. The Balaban J connectivity index is 1.88. The number of carbonyl (C=O) groups is 2. The van der Waals surface area contributed by atoms with E-state index in [2.05, 4.69) is 66.3 Å². The van der Waals surface area contributed by atoms with Gasteiger partial charge in [-0.05, 0) is 48.1 Å². The van der Waals surface area contributed by atoms with Crippen LogP contribution in [0.15, 0.2) is 83.3 Å². The van der Waals surface area contributed by atoms with Crippen molar-refractivity contribution in [2.45, 2.75) is 52.6 Å². The van der Waals surface area contributed by atoms with Crippen molar-refractivity contribution in [3.05, 3.63) is 106 Å². The molecule has 3 aromatic carbocycles. The van der Waals surface area contributed by atoms with Gasteiger partial charge in [0.25, 0.3) is 0 Å². The van der Waals surface area contributed by atoms with E-state index in [9.17, 15) is 9.59 Å². The summed E-state index contributed by atoms with van der Waals surface area (Å²) in [5, 5.41) is 3.07. The predicted octanol–water partition coefficient (Wildman–Crippen LogP) is 6.10. The monoisotopic (exact) mass is 534 g/mol. The summed E-state index contributed by atoms with van der Waals surface area (Å²) in [6, 6.07) is 25.5. The lowest BCUT2D eigenvalue weighted by Crippen LogP contribution is -2.51. The fourth-order valence-corrected chi connectivity index (χ4v) is 4.18. The first kappa shape index (κ1) is 26.7. The molecular formula is C30H35BrN2O2. The van der Waals surface area contributed by atoms with Crippen LogP contribution in [-0.2, 0) is 29.0 Å². The molecule has 0 aliphatic rings. The zero-order valence-electron chi connectivity index (χ0n) is 20.8. The first-order valence-electron chi connectivity index (χ1n) is 12.2. The van der Waals surface area contributed by atoms with Crippen LogP contribution in [0.3, 0.4) is 0 Å². The second-order valence-electron chi connectivity index (χ2n) is 9.48. The summed E-state index contributed by atoms with van der Waals surface area (Å²) in [6.45, 7) is 7.15. The van der Waals surface area contributed by atoms with Crippen LogP contribution in [0.5, 0.6) is 0 Å². The van der Waals surface area contributed by atoms with E-state index in [0.29, 0.717) is 38.3 Å². The average Bonchev–Trinajstić information content (AvgIpc) is 2.86. The summed E-state index contributed by atoms with van der Waals surface area (Å²) in [5.74, 6) is 0.200. The summed E-state index contributed by atoms with van der Waals surface area (Å²) < 4.78 is 0.981. The Labute approximate surface area is 217 Å². The molecule has 0 saturated heterocycles. The van der Waals surface area contributed by atoms with Crippen LogP contribution in [0.1, 0.15) is 42.5 Å². The van der Waals surface area contributed by atoms with Crippen molar-refractivity contribution in [1.29, 1.82) is 0 Å². The highest BCUT2D eigenvalue weighted by Gasteiger charge is 2.30. The Bertz CT molecular complexity index is 1080. The summed E-state index contributed by atoms with van der Waals surface area (Å²) >= 11 is 3.48. The highest BCUT2D eigenvalue weighted by atomic mass is 79.9. The van der Waals surface area contributed by atoms with Crippen LogP contribution in [-0.4, -0.2) is 29.3 Å². The molecule has 0 spiro atoms. The van der Waals surface area contributed by atoms with Crippen molar-refractivity contribution >= 4 is 27.7 Å². The maximum atomic E-state index is 13.7. The molecule has 3 rings (SSSR count). The van der Waals surface area contributed by atoms with Crippen molar-refractivity contribution in [2.24, 2.45) is 5.92 Å². The SMILES string of the molecule is Cc1ccc(CCC(=O)N(Cc2ccc(Br)cc2)[C@H](Cc2ccccc2)C(=O)NCC(C)C)cc1. The zero-order valence-corrected chi connectivity index (χ0v) is 22.4. The molecule has 184 valence electrons. The van der Waals surface area contributed by atoms with Crippen LogP contribution in [0.2, 0.25) is 0 Å². The Kier molecular flexibility index (Phi) is 10.1. The van der Waals surface area contributed by atoms with Crippen LogP contribution in [0.4, 0.5) is 0 Å². The first-order valence-corrected chi connectivity index (χ1v) is 13.0. The lowest BCUT2D eigenvalue weighted by Gasteiger charge is -2.32. The molecule has 0 fully saturated rings. The van der Waals surface area contributed by atoms with Gasteiger partial charge in [0, 0.05) is 30.4 Å². The summed E-state index contributed by atoms with van der Waals surface area (Å²) in [6.07, 6.45) is 1.46. The van der Waals surface area contributed by atoms with E-state index in [1.807, 2.05) is 54.6 Å². The highest BCUT2D eigenvalue weighted by Crippen LogP contribution is 2.19. The van der Waals surface area contributed by atoms with Gasteiger partial charge in [0.05, 0.1) is 0 Å². The molecule has 0 aromatic heterocycles. The van der Waals surface area contributed by atoms with E-state index >= 15 is 0 Å². The minimum atomic E-state index is -0.592. The summed E-state index contributed by atoms with van der Waals surface area (Å²) in [5.41, 5.74) is 4.34. The molecule has 3 aromatic rings. The lowest BCUT2D eigenvalue weighted by molar-refractivity contribution is -0.141. The number of benzene rings is 3. The standard InChI is InChI=1S/C30H35BrN2O2/c1-22(2)20-32-30(35)28(19-25-7-5-4-6-8-25)33(21-26-13-16-27(31)17-14-26)29(34)18-15-24-11-9-23(3)10-12-24/h4-14,16-17,22,28H,15,18-21H2,1-3H3,(H,32,35)/t28-/m1/s1. The normalized spacial score (nSPS) is 11.8. The van der Waals surface area contributed by atoms with E-state index < -0.39 is 6.04 Å². The maximum Gasteiger partial charge on any atom is 0.243 e. The third kappa shape index (κ3) is 8.66. The molecule has 0 saturated carbocycles. The quantitative estimate of drug-likeness (QED) is 0.323. The topological polar surface area (TPSA) is 49.4 Å². The minimum absolute atomic E-state index is 0.0193. The molecule has 0 heterocycles. The van der Waals surface area contributed by atoms with E-state index in [-0.39, 0.29) is 11.8 Å². The third-order valence-electron chi connectivity index (χ3n) is 5.97. The molecule has 4 nitrogen and oxygen atoms in total. The van der Waals surface area contributed by atoms with Crippen molar-refractivity contribution < 1.29 is 9.59 Å². The zero-order chi connectivity index (χ0) is 25.2. The number of hydrogen-bond donors (Lipinski definition) is 1. The number of rotatable bonds is 11. The number of hydrogen-bond acceptors (Lipinski definition) is 2. The molecular weight excluding hydrogens is 500 g/mol. The van der Waals surface area contributed by atoms with Crippen LogP contribution >= 0.6 is 15.9 Å². The second-order valence-corrected chi connectivity index (χ2v) is 10.4.